The average Bonchev–Trinajstić information content (AvgIpc) is 3.13. The summed E-state index contributed by atoms with van der Waals surface area (Å²) in [6.45, 7) is 8.65. The van der Waals surface area contributed by atoms with Crippen molar-refractivity contribution in [2.45, 2.75) is 25.5 Å². The first-order chi connectivity index (χ1) is 14.5. The van der Waals surface area contributed by atoms with E-state index >= 15 is 0 Å². The molecule has 3 N–H and O–H groups in total. The topological polar surface area (TPSA) is 98.6 Å². The van der Waals surface area contributed by atoms with Gasteiger partial charge in [-0.2, -0.15) is 0 Å². The highest BCUT2D eigenvalue weighted by molar-refractivity contribution is 6.61. The number of hydrogen-bond donors (Lipinski definition) is 2. The molecule has 0 spiro atoms. The van der Waals surface area contributed by atoms with Gasteiger partial charge in [-0.05, 0) is 48.1 Å². The van der Waals surface area contributed by atoms with Gasteiger partial charge in [-0.15, -0.1) is 0 Å². The summed E-state index contributed by atoms with van der Waals surface area (Å²) in [6.07, 6.45) is 1.56. The Kier molecular flexibility index (Phi) is 5.90. The van der Waals surface area contributed by atoms with E-state index in [1.165, 1.54) is 0 Å². The van der Waals surface area contributed by atoms with Gasteiger partial charge < -0.3 is 29.8 Å². The maximum Gasteiger partial charge on any atom is 0.491 e. The number of likely N-dealkylation sites (tertiary alicyclic amines) is 1. The molecular weight excluding hydrogens is 385 g/mol. The molecule has 0 unspecified atom stereocenters. The fraction of sp³-hybridized carbons (Fsp3) is 0.333. The van der Waals surface area contributed by atoms with Gasteiger partial charge in [0.15, 0.2) is 23.8 Å². The molecule has 4 rings (SSSR count). The van der Waals surface area contributed by atoms with Gasteiger partial charge in [-0.25, -0.2) is 4.85 Å². The predicted octanol–water partition coefficient (Wildman–Crippen LogP) is 1.58. The van der Waals surface area contributed by atoms with Gasteiger partial charge in [-0.1, -0.05) is 12.1 Å². The summed E-state index contributed by atoms with van der Waals surface area (Å²) >= 11 is 0. The van der Waals surface area contributed by atoms with Gasteiger partial charge in [0.05, 0.1) is 13.2 Å². The van der Waals surface area contributed by atoms with Crippen molar-refractivity contribution in [1.82, 2.24) is 4.90 Å². The van der Waals surface area contributed by atoms with Crippen molar-refractivity contribution in [2.75, 3.05) is 19.7 Å². The Hall–Kier alpha value is -3.06. The van der Waals surface area contributed by atoms with Gasteiger partial charge in [0.1, 0.15) is 5.75 Å². The quantitative estimate of drug-likeness (QED) is 0.577. The van der Waals surface area contributed by atoms with Crippen LogP contribution in [0.4, 0.5) is 5.69 Å². The van der Waals surface area contributed by atoms with Crippen LogP contribution in [0.5, 0.6) is 17.2 Å². The standard InChI is InChI=1S/C21H22BN3O5/c1-24-16-2-5-19(30-17-3-4-18-14(10-17)12-29-22(18)27)20(11-16)28-13-21(26)25-8-6-15(23)7-9-25/h2-5,10-11,15,27H,6-9,12-13,23H2. The van der Waals surface area contributed by atoms with E-state index in [4.69, 9.17) is 26.4 Å². The number of benzene rings is 2. The molecule has 2 heterocycles. The lowest BCUT2D eigenvalue weighted by molar-refractivity contribution is -0.134. The van der Waals surface area contributed by atoms with Gasteiger partial charge in [0.25, 0.3) is 5.91 Å². The van der Waals surface area contributed by atoms with Crippen molar-refractivity contribution in [3.8, 4) is 17.2 Å². The van der Waals surface area contributed by atoms with Gasteiger partial charge in [0, 0.05) is 19.1 Å². The van der Waals surface area contributed by atoms with E-state index in [2.05, 4.69) is 4.85 Å². The monoisotopic (exact) mass is 407 g/mol. The van der Waals surface area contributed by atoms with E-state index in [0.717, 1.165) is 18.4 Å². The number of nitrogens with zero attached hydrogens (tertiary/aromatic N) is 2. The Labute approximate surface area is 175 Å². The third-order valence-electron chi connectivity index (χ3n) is 5.30. The lowest BCUT2D eigenvalue weighted by Crippen LogP contribution is -2.44. The Bertz CT molecular complexity index is 985. The summed E-state index contributed by atoms with van der Waals surface area (Å²) in [5, 5.41) is 9.75. The molecule has 154 valence electrons. The predicted molar refractivity (Wildman–Crippen MR) is 111 cm³/mol. The summed E-state index contributed by atoms with van der Waals surface area (Å²) in [4.78, 5) is 17.6. The van der Waals surface area contributed by atoms with E-state index < -0.39 is 7.12 Å². The third-order valence-corrected chi connectivity index (χ3v) is 5.30. The molecule has 0 atom stereocenters. The summed E-state index contributed by atoms with van der Waals surface area (Å²) in [6, 6.07) is 10.2. The van der Waals surface area contributed by atoms with Crippen LogP contribution in [0.15, 0.2) is 36.4 Å². The Morgan fingerprint density at radius 2 is 2.07 bits per heavy atom. The number of ether oxygens (including phenoxy) is 2. The molecule has 1 fully saturated rings. The van der Waals surface area contributed by atoms with Crippen molar-refractivity contribution in [2.24, 2.45) is 5.73 Å². The second-order valence-electron chi connectivity index (χ2n) is 7.38. The fourth-order valence-electron chi connectivity index (χ4n) is 3.54. The maximum absolute atomic E-state index is 12.5. The third kappa shape index (κ3) is 4.41. The number of fused-ring (bicyclic) bond motifs is 1. The van der Waals surface area contributed by atoms with E-state index in [9.17, 15) is 9.82 Å². The van der Waals surface area contributed by atoms with Crippen LogP contribution in [-0.2, 0) is 16.1 Å². The molecule has 2 aromatic carbocycles. The minimum absolute atomic E-state index is 0.121. The first-order valence-electron chi connectivity index (χ1n) is 9.81. The van der Waals surface area contributed by atoms with Crippen LogP contribution in [0.3, 0.4) is 0 Å². The van der Waals surface area contributed by atoms with Gasteiger partial charge in [-0.3, -0.25) is 4.79 Å². The first-order valence-corrected chi connectivity index (χ1v) is 9.81. The van der Waals surface area contributed by atoms with Crippen LogP contribution in [0, 0.1) is 6.57 Å². The molecule has 0 bridgehead atoms. The second kappa shape index (κ2) is 8.75. The Balaban J connectivity index is 1.47. The highest BCUT2D eigenvalue weighted by atomic mass is 16.5. The normalized spacial score (nSPS) is 16.2. The van der Waals surface area contributed by atoms with Crippen LogP contribution in [0.25, 0.3) is 4.85 Å². The van der Waals surface area contributed by atoms with Crippen molar-refractivity contribution < 1.29 is 23.9 Å². The number of nitrogens with two attached hydrogens (primary N) is 1. The molecule has 9 heteroatoms. The van der Waals surface area contributed by atoms with Crippen molar-refractivity contribution in [1.29, 1.82) is 0 Å². The summed E-state index contributed by atoms with van der Waals surface area (Å²) < 4.78 is 16.9. The Morgan fingerprint density at radius 3 is 2.83 bits per heavy atom. The van der Waals surface area contributed by atoms with Crippen molar-refractivity contribution in [3.05, 3.63) is 53.4 Å². The molecule has 0 radical (unpaired) electrons. The molecule has 2 aliphatic rings. The van der Waals surface area contributed by atoms with Gasteiger partial charge in [0.2, 0.25) is 0 Å². The first kappa shape index (κ1) is 20.2. The highest BCUT2D eigenvalue weighted by Crippen LogP contribution is 2.35. The van der Waals surface area contributed by atoms with E-state index in [1.54, 1.807) is 41.3 Å². The smallest absolute Gasteiger partial charge is 0.481 e. The molecule has 30 heavy (non-hydrogen) atoms. The largest absolute Gasteiger partial charge is 0.491 e. The Morgan fingerprint density at radius 1 is 1.27 bits per heavy atom. The SMILES string of the molecule is [C-]#[N+]c1ccc(Oc2ccc3c(c2)COB3O)c(OCC(=O)N2CCC(N)CC2)c1. The zero-order valence-corrected chi connectivity index (χ0v) is 16.4. The van der Waals surface area contributed by atoms with Crippen LogP contribution in [-0.4, -0.2) is 48.7 Å². The van der Waals surface area contributed by atoms with Gasteiger partial charge >= 0.3 is 7.12 Å². The lowest BCUT2D eigenvalue weighted by Gasteiger charge is -2.30. The van der Waals surface area contributed by atoms with Crippen LogP contribution in [0.2, 0.25) is 0 Å². The van der Waals surface area contributed by atoms with E-state index in [1.807, 2.05) is 0 Å². The van der Waals surface area contributed by atoms with Crippen molar-refractivity contribution >= 4 is 24.2 Å². The number of carbonyl (C=O) groups excluding carboxylic acids is 1. The number of rotatable bonds is 5. The molecule has 1 amide bonds. The summed E-state index contributed by atoms with van der Waals surface area (Å²) in [5.41, 5.74) is 7.84. The number of amides is 1. The van der Waals surface area contributed by atoms with E-state index in [-0.39, 0.29) is 18.6 Å². The summed E-state index contributed by atoms with van der Waals surface area (Å²) in [7, 11) is -0.916. The molecule has 8 nitrogen and oxygen atoms in total. The molecule has 2 aromatic rings. The average molecular weight is 407 g/mol. The highest BCUT2D eigenvalue weighted by Gasteiger charge is 2.27. The molecule has 1 saturated heterocycles. The minimum atomic E-state index is -0.916. The zero-order valence-electron chi connectivity index (χ0n) is 16.4. The number of hydrogen-bond acceptors (Lipinski definition) is 6. The minimum Gasteiger partial charge on any atom is -0.481 e. The molecule has 0 saturated carbocycles. The maximum atomic E-state index is 12.5. The fourth-order valence-corrected chi connectivity index (χ4v) is 3.54. The molecule has 0 aromatic heterocycles. The van der Waals surface area contributed by atoms with Crippen LogP contribution < -0.4 is 20.7 Å². The molecular formula is C21H22BN3O5. The zero-order chi connectivity index (χ0) is 21.1. The second-order valence-corrected chi connectivity index (χ2v) is 7.38. The molecule has 2 aliphatic heterocycles. The van der Waals surface area contributed by atoms with Crippen molar-refractivity contribution in [3.63, 3.8) is 0 Å². The number of carbonyl (C=O) groups is 1. The number of piperidine rings is 1. The van der Waals surface area contributed by atoms with Crippen LogP contribution >= 0.6 is 0 Å². The lowest BCUT2D eigenvalue weighted by atomic mass is 9.80. The molecule has 0 aliphatic carbocycles. The van der Waals surface area contributed by atoms with E-state index in [0.29, 0.717) is 48.1 Å². The van der Waals surface area contributed by atoms with Crippen LogP contribution in [0.1, 0.15) is 18.4 Å². The summed E-state index contributed by atoms with van der Waals surface area (Å²) in [5.74, 6) is 1.14.